The fourth-order valence-corrected chi connectivity index (χ4v) is 2.05. The lowest BCUT2D eigenvalue weighted by Crippen LogP contribution is -2.33. The molecule has 3 amide bonds. The summed E-state index contributed by atoms with van der Waals surface area (Å²) in [5.41, 5.74) is 1.45. The van der Waals surface area contributed by atoms with Gasteiger partial charge in [-0.3, -0.25) is 14.5 Å². The standard InChI is InChI=1S/C16H22N6O2/c1-12(2)20-15(23)11-22-10-14(9-19-22)21-16(24)18-8-6-13-5-3-4-7-17-13/h3-5,7,9-10,12H,6,8,11H2,1-2H3,(H,20,23)(H2,18,21,24). The number of amides is 3. The molecule has 0 aliphatic carbocycles. The van der Waals surface area contributed by atoms with Gasteiger partial charge in [-0.2, -0.15) is 5.10 Å². The van der Waals surface area contributed by atoms with Gasteiger partial charge in [0, 0.05) is 37.1 Å². The van der Waals surface area contributed by atoms with E-state index in [0.717, 1.165) is 5.69 Å². The molecule has 0 saturated carbocycles. The van der Waals surface area contributed by atoms with Crippen molar-refractivity contribution < 1.29 is 9.59 Å². The SMILES string of the molecule is CC(C)NC(=O)Cn1cc(NC(=O)NCCc2ccccn2)cn1. The Kier molecular flexibility index (Phi) is 6.30. The highest BCUT2D eigenvalue weighted by Gasteiger charge is 2.08. The van der Waals surface area contributed by atoms with Crippen LogP contribution in [-0.4, -0.2) is 39.3 Å². The Morgan fingerprint density at radius 3 is 2.83 bits per heavy atom. The molecule has 0 atom stereocenters. The first-order valence-electron chi connectivity index (χ1n) is 7.79. The van der Waals surface area contributed by atoms with Crippen LogP contribution in [0.1, 0.15) is 19.5 Å². The van der Waals surface area contributed by atoms with Crippen LogP contribution in [0.4, 0.5) is 10.5 Å². The third-order valence-corrected chi connectivity index (χ3v) is 3.04. The van der Waals surface area contributed by atoms with Crippen molar-refractivity contribution in [2.45, 2.75) is 32.9 Å². The molecule has 24 heavy (non-hydrogen) atoms. The summed E-state index contributed by atoms with van der Waals surface area (Å²) in [7, 11) is 0. The number of carbonyl (C=O) groups excluding carboxylic acids is 2. The monoisotopic (exact) mass is 330 g/mol. The van der Waals surface area contributed by atoms with Gasteiger partial charge in [-0.05, 0) is 26.0 Å². The minimum atomic E-state index is -0.322. The highest BCUT2D eigenvalue weighted by molar-refractivity contribution is 5.88. The average molecular weight is 330 g/mol. The van der Waals surface area contributed by atoms with Crippen LogP contribution < -0.4 is 16.0 Å². The van der Waals surface area contributed by atoms with E-state index < -0.39 is 0 Å². The van der Waals surface area contributed by atoms with Gasteiger partial charge >= 0.3 is 6.03 Å². The number of hydrogen-bond donors (Lipinski definition) is 3. The lowest BCUT2D eigenvalue weighted by atomic mass is 10.3. The molecular weight excluding hydrogens is 308 g/mol. The second-order valence-corrected chi connectivity index (χ2v) is 5.60. The summed E-state index contributed by atoms with van der Waals surface area (Å²) in [6.07, 6.45) is 5.49. The Balaban J connectivity index is 1.73. The molecule has 0 saturated heterocycles. The van der Waals surface area contributed by atoms with Gasteiger partial charge in [0.25, 0.3) is 0 Å². The summed E-state index contributed by atoms with van der Waals surface area (Å²) in [5.74, 6) is -0.125. The number of carbonyl (C=O) groups is 2. The molecule has 0 spiro atoms. The maximum Gasteiger partial charge on any atom is 0.319 e. The second kappa shape index (κ2) is 8.66. The van der Waals surface area contributed by atoms with Crippen molar-refractivity contribution in [3.63, 3.8) is 0 Å². The van der Waals surface area contributed by atoms with Crippen LogP contribution in [0.25, 0.3) is 0 Å². The molecular formula is C16H22N6O2. The number of aromatic nitrogens is 3. The van der Waals surface area contributed by atoms with E-state index in [4.69, 9.17) is 0 Å². The van der Waals surface area contributed by atoms with E-state index in [0.29, 0.717) is 18.7 Å². The molecule has 0 radical (unpaired) electrons. The lowest BCUT2D eigenvalue weighted by molar-refractivity contribution is -0.122. The van der Waals surface area contributed by atoms with Crippen LogP contribution in [0.2, 0.25) is 0 Å². The Bertz CT molecular complexity index is 668. The van der Waals surface area contributed by atoms with Crippen molar-refractivity contribution in [3.8, 4) is 0 Å². The van der Waals surface area contributed by atoms with Crippen LogP contribution in [0.5, 0.6) is 0 Å². The van der Waals surface area contributed by atoms with Crippen molar-refractivity contribution in [1.82, 2.24) is 25.4 Å². The van der Waals surface area contributed by atoms with Crippen LogP contribution in [0, 0.1) is 0 Å². The summed E-state index contributed by atoms with van der Waals surface area (Å²) in [4.78, 5) is 27.7. The second-order valence-electron chi connectivity index (χ2n) is 5.60. The Hall–Kier alpha value is -2.90. The average Bonchev–Trinajstić information content (AvgIpc) is 2.94. The van der Waals surface area contributed by atoms with Gasteiger partial charge in [-0.25, -0.2) is 4.79 Å². The first kappa shape index (κ1) is 17.5. The summed E-state index contributed by atoms with van der Waals surface area (Å²) in [5, 5.41) is 12.3. The Morgan fingerprint density at radius 1 is 1.29 bits per heavy atom. The van der Waals surface area contributed by atoms with Crippen LogP contribution in [0.15, 0.2) is 36.8 Å². The minimum absolute atomic E-state index is 0.0792. The topological polar surface area (TPSA) is 101 Å². The van der Waals surface area contributed by atoms with E-state index in [1.807, 2.05) is 32.0 Å². The maximum atomic E-state index is 11.8. The molecule has 128 valence electrons. The maximum absolute atomic E-state index is 11.8. The highest BCUT2D eigenvalue weighted by atomic mass is 16.2. The van der Waals surface area contributed by atoms with E-state index in [9.17, 15) is 9.59 Å². The summed E-state index contributed by atoms with van der Waals surface area (Å²) >= 11 is 0. The van der Waals surface area contributed by atoms with E-state index in [1.165, 1.54) is 10.9 Å². The van der Waals surface area contributed by atoms with Gasteiger partial charge in [-0.15, -0.1) is 0 Å². The zero-order chi connectivity index (χ0) is 17.4. The molecule has 2 aromatic heterocycles. The molecule has 2 aromatic rings. The summed E-state index contributed by atoms with van der Waals surface area (Å²) in [6.45, 7) is 4.38. The van der Waals surface area contributed by atoms with Crippen LogP contribution in [0.3, 0.4) is 0 Å². The number of anilines is 1. The van der Waals surface area contributed by atoms with Gasteiger partial charge < -0.3 is 16.0 Å². The molecule has 2 rings (SSSR count). The summed E-state index contributed by atoms with van der Waals surface area (Å²) in [6, 6.07) is 5.42. The Morgan fingerprint density at radius 2 is 2.12 bits per heavy atom. The van der Waals surface area contributed by atoms with Gasteiger partial charge in [0.05, 0.1) is 11.9 Å². The van der Waals surface area contributed by atoms with E-state index in [1.54, 1.807) is 12.4 Å². The molecule has 8 nitrogen and oxygen atoms in total. The quantitative estimate of drug-likeness (QED) is 0.709. The van der Waals surface area contributed by atoms with Crippen molar-refractivity contribution in [2.75, 3.05) is 11.9 Å². The first-order valence-corrected chi connectivity index (χ1v) is 7.79. The molecule has 0 bridgehead atoms. The van der Waals surface area contributed by atoms with E-state index in [2.05, 4.69) is 26.0 Å². The molecule has 3 N–H and O–H groups in total. The van der Waals surface area contributed by atoms with Gasteiger partial charge in [-0.1, -0.05) is 6.07 Å². The molecule has 2 heterocycles. The predicted octanol–water partition coefficient (Wildman–Crippen LogP) is 1.17. The number of rotatable bonds is 7. The third-order valence-electron chi connectivity index (χ3n) is 3.04. The molecule has 8 heteroatoms. The number of nitrogens with one attached hydrogen (secondary N) is 3. The molecule has 0 aliphatic heterocycles. The van der Waals surface area contributed by atoms with Crippen molar-refractivity contribution >= 4 is 17.6 Å². The molecule has 0 fully saturated rings. The summed E-state index contributed by atoms with van der Waals surface area (Å²) < 4.78 is 1.47. The number of hydrogen-bond acceptors (Lipinski definition) is 4. The number of pyridine rings is 1. The van der Waals surface area contributed by atoms with Gasteiger partial charge in [0.2, 0.25) is 5.91 Å². The molecule has 0 aromatic carbocycles. The smallest absolute Gasteiger partial charge is 0.319 e. The zero-order valence-corrected chi connectivity index (χ0v) is 13.8. The predicted molar refractivity (Wildman–Crippen MR) is 90.5 cm³/mol. The number of urea groups is 1. The van der Waals surface area contributed by atoms with Crippen molar-refractivity contribution in [2.24, 2.45) is 0 Å². The molecule has 0 aliphatic rings. The van der Waals surface area contributed by atoms with Gasteiger partial charge in [0.15, 0.2) is 0 Å². The first-order chi connectivity index (χ1) is 11.5. The van der Waals surface area contributed by atoms with Crippen molar-refractivity contribution in [3.05, 3.63) is 42.5 Å². The fourth-order valence-electron chi connectivity index (χ4n) is 2.05. The van der Waals surface area contributed by atoms with Crippen LogP contribution >= 0.6 is 0 Å². The lowest BCUT2D eigenvalue weighted by Gasteiger charge is -2.08. The zero-order valence-electron chi connectivity index (χ0n) is 13.8. The largest absolute Gasteiger partial charge is 0.352 e. The fraction of sp³-hybridized carbons (Fsp3) is 0.375. The third kappa shape index (κ3) is 6.07. The van der Waals surface area contributed by atoms with Gasteiger partial charge in [0.1, 0.15) is 6.54 Å². The van der Waals surface area contributed by atoms with Crippen molar-refractivity contribution in [1.29, 1.82) is 0 Å². The van der Waals surface area contributed by atoms with E-state index >= 15 is 0 Å². The van der Waals surface area contributed by atoms with E-state index in [-0.39, 0.29) is 24.5 Å². The molecule has 0 unspecified atom stereocenters. The Labute approximate surface area is 140 Å². The van der Waals surface area contributed by atoms with Crippen LogP contribution in [-0.2, 0) is 17.8 Å². The normalized spacial score (nSPS) is 10.5. The number of nitrogens with zero attached hydrogens (tertiary/aromatic N) is 3. The minimum Gasteiger partial charge on any atom is -0.352 e. The highest BCUT2D eigenvalue weighted by Crippen LogP contribution is 2.04.